The van der Waals surface area contributed by atoms with Gasteiger partial charge in [0.1, 0.15) is 10.7 Å². The van der Waals surface area contributed by atoms with Gasteiger partial charge in [-0.2, -0.15) is 0 Å². The predicted octanol–water partition coefficient (Wildman–Crippen LogP) is 1.52. The number of halogens is 2. The molecule has 1 aromatic rings. The monoisotopic (exact) mass is 278 g/mol. The summed E-state index contributed by atoms with van der Waals surface area (Å²) in [4.78, 5) is 3.36. The van der Waals surface area contributed by atoms with Gasteiger partial charge in [0.25, 0.3) is 0 Å². The van der Waals surface area contributed by atoms with Crippen LogP contribution in [-0.4, -0.2) is 25.3 Å². The molecule has 17 heavy (non-hydrogen) atoms. The summed E-state index contributed by atoms with van der Waals surface area (Å²) < 4.78 is 38.8. The van der Waals surface area contributed by atoms with Gasteiger partial charge in [-0.15, -0.1) is 11.6 Å². The van der Waals surface area contributed by atoms with E-state index in [0.29, 0.717) is 6.54 Å². The Labute approximate surface area is 104 Å². The molecule has 1 fully saturated rings. The molecule has 0 bridgehead atoms. The third-order valence-electron chi connectivity index (χ3n) is 2.73. The van der Waals surface area contributed by atoms with Crippen molar-refractivity contribution >= 4 is 21.6 Å². The Balaban J connectivity index is 1.99. The number of nitrogens with one attached hydrogen (secondary N) is 1. The normalized spacial score (nSPS) is 24.4. The van der Waals surface area contributed by atoms with Gasteiger partial charge in [0.2, 0.25) is 10.0 Å². The first-order chi connectivity index (χ1) is 7.97. The van der Waals surface area contributed by atoms with Gasteiger partial charge in [-0.25, -0.2) is 17.5 Å². The number of nitrogens with zero attached hydrogens (tertiary/aromatic N) is 1. The first-order valence-electron chi connectivity index (χ1n) is 5.21. The van der Waals surface area contributed by atoms with E-state index < -0.39 is 15.8 Å². The lowest BCUT2D eigenvalue weighted by atomic mass is 9.85. The molecule has 0 saturated heterocycles. The van der Waals surface area contributed by atoms with Crippen molar-refractivity contribution < 1.29 is 12.8 Å². The molecule has 0 spiro atoms. The Hall–Kier alpha value is -0.720. The lowest BCUT2D eigenvalue weighted by Crippen LogP contribution is -2.36. The molecule has 2 rings (SSSR count). The number of alkyl halides is 1. The Morgan fingerprint density at radius 3 is 2.76 bits per heavy atom. The van der Waals surface area contributed by atoms with Gasteiger partial charge in [0, 0.05) is 18.1 Å². The van der Waals surface area contributed by atoms with Crippen LogP contribution in [0.4, 0.5) is 4.39 Å². The Morgan fingerprint density at radius 1 is 1.47 bits per heavy atom. The molecule has 1 aliphatic carbocycles. The lowest BCUT2D eigenvalue weighted by molar-refractivity contribution is 0.324. The number of rotatable bonds is 4. The van der Waals surface area contributed by atoms with Gasteiger partial charge >= 0.3 is 0 Å². The Bertz CT molecular complexity index is 503. The second kappa shape index (κ2) is 4.88. The smallest absolute Gasteiger partial charge is 0.242 e. The molecule has 7 heteroatoms. The second-order valence-corrected chi connectivity index (χ2v) is 6.51. The molecule has 1 aromatic heterocycles. The number of hydrogen-bond donors (Lipinski definition) is 1. The van der Waals surface area contributed by atoms with Gasteiger partial charge in [0.15, 0.2) is 0 Å². The topological polar surface area (TPSA) is 59.1 Å². The van der Waals surface area contributed by atoms with E-state index in [0.717, 1.165) is 31.3 Å². The average molecular weight is 279 g/mol. The van der Waals surface area contributed by atoms with E-state index in [4.69, 9.17) is 11.6 Å². The SMILES string of the molecule is O=S(=O)(NCC1CC(Cl)C1)c1cncc(F)c1. The largest absolute Gasteiger partial charge is 0.260 e. The molecule has 0 amide bonds. The highest BCUT2D eigenvalue weighted by atomic mass is 35.5. The van der Waals surface area contributed by atoms with Gasteiger partial charge < -0.3 is 0 Å². The van der Waals surface area contributed by atoms with Crippen LogP contribution in [-0.2, 0) is 10.0 Å². The van der Waals surface area contributed by atoms with Crippen molar-refractivity contribution in [3.05, 3.63) is 24.3 Å². The molecule has 1 aliphatic rings. The van der Waals surface area contributed by atoms with Crippen LogP contribution >= 0.6 is 11.6 Å². The summed E-state index contributed by atoms with van der Waals surface area (Å²) in [5.41, 5.74) is 0. The number of sulfonamides is 1. The van der Waals surface area contributed by atoms with Gasteiger partial charge in [-0.1, -0.05) is 0 Å². The standard InChI is InChI=1S/C10H12ClFN2O2S/c11-8-1-7(2-8)4-14-17(15,16)10-3-9(12)5-13-6-10/h3,5-8,14H,1-2,4H2. The van der Waals surface area contributed by atoms with Crippen molar-refractivity contribution in [3.8, 4) is 0 Å². The molecular weight excluding hydrogens is 267 g/mol. The van der Waals surface area contributed by atoms with Crippen LogP contribution < -0.4 is 4.72 Å². The summed E-state index contributed by atoms with van der Waals surface area (Å²) in [5, 5.41) is 0.153. The quantitative estimate of drug-likeness (QED) is 0.850. The number of hydrogen-bond acceptors (Lipinski definition) is 3. The maximum Gasteiger partial charge on any atom is 0.242 e. The minimum atomic E-state index is -3.67. The molecule has 1 N–H and O–H groups in total. The molecule has 1 saturated carbocycles. The highest BCUT2D eigenvalue weighted by Crippen LogP contribution is 2.31. The van der Waals surface area contributed by atoms with Crippen LogP contribution in [0.25, 0.3) is 0 Å². The van der Waals surface area contributed by atoms with Gasteiger partial charge in [0.05, 0.1) is 6.20 Å². The summed E-state index contributed by atoms with van der Waals surface area (Å²) in [5.74, 6) is -0.397. The van der Waals surface area contributed by atoms with Gasteiger partial charge in [-0.3, -0.25) is 4.98 Å². The first-order valence-corrected chi connectivity index (χ1v) is 7.13. The summed E-state index contributed by atoms with van der Waals surface area (Å²) in [7, 11) is -3.67. The number of pyridine rings is 1. The van der Waals surface area contributed by atoms with Crippen LogP contribution in [0, 0.1) is 11.7 Å². The molecule has 4 nitrogen and oxygen atoms in total. The number of aromatic nitrogens is 1. The molecule has 0 atom stereocenters. The fourth-order valence-corrected chi connectivity index (χ4v) is 3.26. The summed E-state index contributed by atoms with van der Waals surface area (Å²) >= 11 is 5.79. The zero-order valence-corrected chi connectivity index (χ0v) is 10.5. The Kier molecular flexibility index (Phi) is 3.65. The third-order valence-corrected chi connectivity index (χ3v) is 4.48. The van der Waals surface area contributed by atoms with E-state index in [9.17, 15) is 12.8 Å². The molecule has 94 valence electrons. The fraction of sp³-hybridized carbons (Fsp3) is 0.500. The average Bonchev–Trinajstić information content (AvgIpc) is 2.23. The van der Waals surface area contributed by atoms with E-state index in [1.807, 2.05) is 0 Å². The maximum atomic E-state index is 12.9. The molecule has 0 radical (unpaired) electrons. The van der Waals surface area contributed by atoms with E-state index >= 15 is 0 Å². The molecule has 0 unspecified atom stereocenters. The van der Waals surface area contributed by atoms with Crippen molar-refractivity contribution in [1.82, 2.24) is 9.71 Å². The minimum absolute atomic E-state index is 0.153. The predicted molar refractivity (Wildman–Crippen MR) is 61.7 cm³/mol. The van der Waals surface area contributed by atoms with E-state index in [1.54, 1.807) is 0 Å². The molecule has 0 aromatic carbocycles. The van der Waals surface area contributed by atoms with Crippen LogP contribution in [0.1, 0.15) is 12.8 Å². The molecular formula is C10H12ClFN2O2S. The van der Waals surface area contributed by atoms with E-state index in [1.165, 1.54) is 0 Å². The van der Waals surface area contributed by atoms with Crippen molar-refractivity contribution in [2.24, 2.45) is 5.92 Å². The van der Waals surface area contributed by atoms with Crippen molar-refractivity contribution in [2.75, 3.05) is 6.54 Å². The van der Waals surface area contributed by atoms with Crippen LogP contribution in [0.5, 0.6) is 0 Å². The first kappa shape index (κ1) is 12.7. The third kappa shape index (κ3) is 3.14. The van der Waals surface area contributed by atoms with Crippen LogP contribution in [0.2, 0.25) is 0 Å². The lowest BCUT2D eigenvalue weighted by Gasteiger charge is -2.30. The maximum absolute atomic E-state index is 12.9. The highest BCUT2D eigenvalue weighted by molar-refractivity contribution is 7.89. The molecule has 1 heterocycles. The summed E-state index contributed by atoms with van der Waals surface area (Å²) in [6, 6.07) is 0.945. The molecule has 0 aliphatic heterocycles. The van der Waals surface area contributed by atoms with Crippen molar-refractivity contribution in [1.29, 1.82) is 0 Å². The minimum Gasteiger partial charge on any atom is -0.260 e. The zero-order chi connectivity index (χ0) is 12.5. The zero-order valence-electron chi connectivity index (χ0n) is 8.94. The van der Waals surface area contributed by atoms with Gasteiger partial charge in [-0.05, 0) is 24.8 Å². The van der Waals surface area contributed by atoms with Crippen LogP contribution in [0.15, 0.2) is 23.4 Å². The highest BCUT2D eigenvalue weighted by Gasteiger charge is 2.28. The fourth-order valence-electron chi connectivity index (χ4n) is 1.67. The summed E-state index contributed by atoms with van der Waals surface area (Å²) in [6.07, 6.45) is 3.70. The van der Waals surface area contributed by atoms with E-state index in [-0.39, 0.29) is 16.2 Å². The van der Waals surface area contributed by atoms with E-state index in [2.05, 4.69) is 9.71 Å². The van der Waals surface area contributed by atoms with Crippen LogP contribution in [0.3, 0.4) is 0 Å². The van der Waals surface area contributed by atoms with Crippen molar-refractivity contribution in [3.63, 3.8) is 0 Å². The van der Waals surface area contributed by atoms with Crippen molar-refractivity contribution in [2.45, 2.75) is 23.1 Å². The summed E-state index contributed by atoms with van der Waals surface area (Å²) in [6.45, 7) is 0.335. The second-order valence-electron chi connectivity index (χ2n) is 4.13. The Morgan fingerprint density at radius 2 is 2.18 bits per heavy atom.